The van der Waals surface area contributed by atoms with Crippen molar-refractivity contribution < 1.29 is 19.4 Å². The van der Waals surface area contributed by atoms with Crippen LogP contribution in [0.25, 0.3) is 0 Å². The van der Waals surface area contributed by atoms with Gasteiger partial charge in [0, 0.05) is 0 Å². The molecule has 0 amide bonds. The van der Waals surface area contributed by atoms with E-state index in [9.17, 15) is 9.59 Å². The maximum Gasteiger partial charge on any atom is 0.317 e. The Bertz CT molecular complexity index is 187. The van der Waals surface area contributed by atoms with E-state index in [0.717, 1.165) is 12.8 Å². The third-order valence-corrected chi connectivity index (χ3v) is 1.82. The van der Waals surface area contributed by atoms with Crippen LogP contribution >= 0.6 is 0 Å². The van der Waals surface area contributed by atoms with Gasteiger partial charge in [0.05, 0.1) is 6.10 Å². The first-order valence-corrected chi connectivity index (χ1v) is 5.89. The van der Waals surface area contributed by atoms with Gasteiger partial charge in [0.2, 0.25) is 0 Å². The minimum atomic E-state index is -1.15. The van der Waals surface area contributed by atoms with Crippen molar-refractivity contribution in [3.8, 4) is 0 Å². The summed E-state index contributed by atoms with van der Waals surface area (Å²) >= 11 is 0. The quantitative estimate of drug-likeness (QED) is 0.565. The highest BCUT2D eigenvalue weighted by atomic mass is 16.5. The molecule has 16 heavy (non-hydrogen) atoms. The van der Waals surface area contributed by atoms with Crippen molar-refractivity contribution in [2.45, 2.75) is 65.9 Å². The lowest BCUT2D eigenvalue weighted by Crippen LogP contribution is -2.17. The van der Waals surface area contributed by atoms with Crippen LogP contribution in [0.3, 0.4) is 0 Å². The number of carbonyl (C=O) groups excluding carboxylic acids is 1. The molecule has 0 heterocycles. The molecule has 1 unspecified atom stereocenters. The maximum absolute atomic E-state index is 10.7. The zero-order valence-corrected chi connectivity index (χ0v) is 10.8. The number of esters is 1. The van der Waals surface area contributed by atoms with Crippen LogP contribution in [0.15, 0.2) is 0 Å². The average Bonchev–Trinajstić information content (AvgIpc) is 2.17. The van der Waals surface area contributed by atoms with Gasteiger partial charge in [-0.15, -0.1) is 0 Å². The lowest BCUT2D eigenvalue weighted by molar-refractivity contribution is -0.154. The number of carboxylic acid groups (broad SMARTS) is 1. The Hall–Kier alpha value is -1.06. The van der Waals surface area contributed by atoms with Crippen molar-refractivity contribution >= 4 is 11.9 Å². The minimum absolute atomic E-state index is 0.179. The topological polar surface area (TPSA) is 63.6 Å². The Balaban J connectivity index is 0. The molecule has 0 radical (unpaired) electrons. The highest BCUT2D eigenvalue weighted by Crippen LogP contribution is 2.02. The normalized spacial score (nSPS) is 11.0. The van der Waals surface area contributed by atoms with Crippen LogP contribution in [-0.4, -0.2) is 23.1 Å². The predicted octanol–water partition coefficient (Wildman–Crippen LogP) is 3.00. The Morgan fingerprint density at radius 3 is 1.94 bits per heavy atom. The second-order valence-corrected chi connectivity index (χ2v) is 3.66. The summed E-state index contributed by atoms with van der Waals surface area (Å²) in [6.45, 7) is 8.09. The molecule has 0 aliphatic rings. The van der Waals surface area contributed by atoms with Crippen molar-refractivity contribution in [3.05, 3.63) is 0 Å². The number of rotatable bonds is 6. The summed E-state index contributed by atoms with van der Waals surface area (Å²) in [7, 11) is 0. The largest absolute Gasteiger partial charge is 0.481 e. The van der Waals surface area contributed by atoms with Crippen molar-refractivity contribution in [2.75, 3.05) is 0 Å². The van der Waals surface area contributed by atoms with E-state index >= 15 is 0 Å². The molecule has 0 aliphatic heterocycles. The van der Waals surface area contributed by atoms with Gasteiger partial charge in [-0.05, 0) is 13.3 Å². The molecule has 1 N–H and O–H groups in total. The molecule has 0 fully saturated rings. The van der Waals surface area contributed by atoms with Crippen molar-refractivity contribution in [1.29, 1.82) is 0 Å². The molecule has 0 aromatic carbocycles. The summed E-state index contributed by atoms with van der Waals surface area (Å²) in [5, 5.41) is 8.23. The first-order chi connectivity index (χ1) is 7.47. The Labute approximate surface area is 98.0 Å². The van der Waals surface area contributed by atoms with E-state index in [1.165, 1.54) is 12.8 Å². The molecule has 0 bridgehead atoms. The molecular formula is C12H24O4. The number of carbonyl (C=O) groups is 2. The van der Waals surface area contributed by atoms with Gasteiger partial charge >= 0.3 is 11.9 Å². The van der Waals surface area contributed by atoms with Crippen LogP contribution in [0.4, 0.5) is 0 Å². The van der Waals surface area contributed by atoms with E-state index in [1.54, 1.807) is 6.92 Å². The SMILES string of the molecule is CCCC.CCCC(C)OC(=O)CC(=O)O. The molecule has 0 aliphatic carbocycles. The summed E-state index contributed by atoms with van der Waals surface area (Å²) in [5.41, 5.74) is 0. The molecule has 4 heteroatoms. The molecular weight excluding hydrogens is 208 g/mol. The van der Waals surface area contributed by atoms with Gasteiger partial charge in [0.15, 0.2) is 0 Å². The molecule has 4 nitrogen and oxygen atoms in total. The van der Waals surface area contributed by atoms with Crippen LogP contribution in [0, 0.1) is 0 Å². The fourth-order valence-electron chi connectivity index (χ4n) is 0.855. The fourth-order valence-corrected chi connectivity index (χ4v) is 0.855. The Morgan fingerprint density at radius 2 is 1.62 bits per heavy atom. The molecule has 0 rings (SSSR count). The van der Waals surface area contributed by atoms with E-state index in [-0.39, 0.29) is 6.10 Å². The van der Waals surface area contributed by atoms with E-state index < -0.39 is 18.4 Å². The zero-order chi connectivity index (χ0) is 13.0. The van der Waals surface area contributed by atoms with E-state index in [2.05, 4.69) is 13.8 Å². The molecule has 0 spiro atoms. The first kappa shape index (κ1) is 17.3. The third-order valence-electron chi connectivity index (χ3n) is 1.82. The number of hydrogen-bond acceptors (Lipinski definition) is 3. The average molecular weight is 232 g/mol. The standard InChI is InChI=1S/C8H14O4.C4H10/c1-3-4-6(2)12-8(11)5-7(9)10;1-3-4-2/h6H,3-5H2,1-2H3,(H,9,10);3-4H2,1-2H3. The molecule has 0 aromatic heterocycles. The van der Waals surface area contributed by atoms with E-state index in [4.69, 9.17) is 9.84 Å². The lowest BCUT2D eigenvalue weighted by Gasteiger charge is -2.10. The van der Waals surface area contributed by atoms with Gasteiger partial charge in [0.25, 0.3) is 0 Å². The first-order valence-electron chi connectivity index (χ1n) is 5.89. The number of carboxylic acids is 1. The summed E-state index contributed by atoms with van der Waals surface area (Å²) in [5.74, 6) is -1.81. The molecule has 0 saturated carbocycles. The van der Waals surface area contributed by atoms with Crippen molar-refractivity contribution in [3.63, 3.8) is 0 Å². The summed E-state index contributed by atoms with van der Waals surface area (Å²) in [4.78, 5) is 20.8. The van der Waals surface area contributed by atoms with Gasteiger partial charge in [0.1, 0.15) is 6.42 Å². The number of ether oxygens (including phenoxy) is 1. The molecule has 0 saturated heterocycles. The maximum atomic E-state index is 10.7. The van der Waals surface area contributed by atoms with Gasteiger partial charge in [-0.25, -0.2) is 0 Å². The smallest absolute Gasteiger partial charge is 0.317 e. The molecule has 96 valence electrons. The van der Waals surface area contributed by atoms with Crippen LogP contribution < -0.4 is 0 Å². The molecule has 1 atom stereocenters. The Morgan fingerprint density at radius 1 is 1.12 bits per heavy atom. The summed E-state index contributed by atoms with van der Waals surface area (Å²) in [6, 6.07) is 0. The van der Waals surface area contributed by atoms with Crippen LogP contribution in [-0.2, 0) is 14.3 Å². The zero-order valence-electron chi connectivity index (χ0n) is 10.8. The van der Waals surface area contributed by atoms with Crippen LogP contribution in [0.5, 0.6) is 0 Å². The van der Waals surface area contributed by atoms with Gasteiger partial charge in [-0.2, -0.15) is 0 Å². The highest BCUT2D eigenvalue weighted by Gasteiger charge is 2.11. The van der Waals surface area contributed by atoms with E-state index in [1.807, 2.05) is 6.92 Å². The van der Waals surface area contributed by atoms with Gasteiger partial charge < -0.3 is 9.84 Å². The third kappa shape index (κ3) is 15.4. The number of unbranched alkanes of at least 4 members (excludes halogenated alkanes) is 1. The Kier molecular flexibility index (Phi) is 13.0. The predicted molar refractivity (Wildman–Crippen MR) is 63.3 cm³/mol. The van der Waals surface area contributed by atoms with E-state index in [0.29, 0.717) is 0 Å². The van der Waals surface area contributed by atoms with Crippen molar-refractivity contribution in [2.24, 2.45) is 0 Å². The van der Waals surface area contributed by atoms with Crippen LogP contribution in [0.1, 0.15) is 59.8 Å². The monoisotopic (exact) mass is 232 g/mol. The molecule has 0 aromatic rings. The number of aliphatic carboxylic acids is 1. The summed E-state index contributed by atoms with van der Waals surface area (Å²) in [6.07, 6.45) is 3.60. The second kappa shape index (κ2) is 12.0. The second-order valence-electron chi connectivity index (χ2n) is 3.66. The van der Waals surface area contributed by atoms with Gasteiger partial charge in [-0.1, -0.05) is 40.0 Å². The highest BCUT2D eigenvalue weighted by molar-refractivity contribution is 5.90. The lowest BCUT2D eigenvalue weighted by atomic mass is 10.2. The fraction of sp³-hybridized carbons (Fsp3) is 0.833. The van der Waals surface area contributed by atoms with Crippen molar-refractivity contribution in [1.82, 2.24) is 0 Å². The minimum Gasteiger partial charge on any atom is -0.481 e. The summed E-state index contributed by atoms with van der Waals surface area (Å²) < 4.78 is 4.78. The number of hydrogen-bond donors (Lipinski definition) is 1. The van der Waals surface area contributed by atoms with Gasteiger partial charge in [-0.3, -0.25) is 9.59 Å². The van der Waals surface area contributed by atoms with Crippen LogP contribution in [0.2, 0.25) is 0 Å².